The zero-order chi connectivity index (χ0) is 21.1. The Kier molecular flexibility index (Phi) is 5.52. The van der Waals surface area contributed by atoms with Crippen LogP contribution in [-0.2, 0) is 9.53 Å². The lowest BCUT2D eigenvalue weighted by atomic mass is 10.2. The fourth-order valence-corrected chi connectivity index (χ4v) is 3.20. The highest BCUT2D eigenvalue weighted by Crippen LogP contribution is 2.39. The van der Waals surface area contributed by atoms with Crippen LogP contribution in [-0.4, -0.2) is 35.4 Å². The topological polar surface area (TPSA) is 82.4 Å². The summed E-state index contributed by atoms with van der Waals surface area (Å²) in [6.45, 7) is 1.51. The second-order valence-electron chi connectivity index (χ2n) is 7.30. The van der Waals surface area contributed by atoms with E-state index in [-0.39, 0.29) is 0 Å². The van der Waals surface area contributed by atoms with Gasteiger partial charge in [0.15, 0.2) is 12.3 Å². The predicted octanol–water partition coefficient (Wildman–Crippen LogP) is 3.86. The van der Waals surface area contributed by atoms with Crippen molar-refractivity contribution in [3.05, 3.63) is 71.5 Å². The molecule has 1 aliphatic carbocycles. The van der Waals surface area contributed by atoms with Crippen LogP contribution in [0.3, 0.4) is 0 Å². The number of aromatic nitrogens is 2. The molecular weight excluding hydrogens is 382 g/mol. The Morgan fingerprint density at radius 3 is 2.60 bits per heavy atom. The third-order valence-electron chi connectivity index (χ3n) is 4.90. The van der Waals surface area contributed by atoms with E-state index in [0.717, 1.165) is 29.8 Å². The number of rotatable bonds is 7. The van der Waals surface area contributed by atoms with Crippen LogP contribution in [0.4, 0.5) is 5.69 Å². The van der Waals surface area contributed by atoms with Gasteiger partial charge in [-0.1, -0.05) is 24.3 Å². The lowest BCUT2D eigenvalue weighted by Gasteiger charge is -2.11. The summed E-state index contributed by atoms with van der Waals surface area (Å²) in [6, 6.07) is 16.6. The first kappa shape index (κ1) is 19.7. The highest BCUT2D eigenvalue weighted by molar-refractivity contribution is 5.96. The smallest absolute Gasteiger partial charge is 0.357 e. The lowest BCUT2D eigenvalue weighted by molar-refractivity contribution is -0.119. The molecule has 1 heterocycles. The Bertz CT molecular complexity index is 1070. The van der Waals surface area contributed by atoms with Crippen molar-refractivity contribution >= 4 is 17.6 Å². The first-order valence-electron chi connectivity index (χ1n) is 9.82. The normalized spacial score (nSPS) is 13.0. The predicted molar refractivity (Wildman–Crippen MR) is 112 cm³/mol. The first-order valence-corrected chi connectivity index (χ1v) is 9.82. The molecule has 1 fully saturated rings. The maximum absolute atomic E-state index is 12.7. The van der Waals surface area contributed by atoms with E-state index in [1.807, 2.05) is 43.3 Å². The number of methoxy groups -OCH3 is 1. The highest BCUT2D eigenvalue weighted by atomic mass is 16.5. The Morgan fingerprint density at radius 2 is 1.90 bits per heavy atom. The highest BCUT2D eigenvalue weighted by Gasteiger charge is 2.29. The maximum atomic E-state index is 12.7. The van der Waals surface area contributed by atoms with Gasteiger partial charge in [-0.2, -0.15) is 5.10 Å². The number of anilines is 1. The van der Waals surface area contributed by atoms with Crippen LogP contribution >= 0.6 is 0 Å². The Hall–Kier alpha value is -3.61. The molecule has 0 saturated heterocycles. The first-order chi connectivity index (χ1) is 14.5. The van der Waals surface area contributed by atoms with Crippen molar-refractivity contribution in [2.45, 2.75) is 25.7 Å². The molecule has 0 spiro atoms. The van der Waals surface area contributed by atoms with E-state index in [0.29, 0.717) is 23.0 Å². The Balaban J connectivity index is 1.47. The monoisotopic (exact) mass is 405 g/mol. The van der Waals surface area contributed by atoms with Crippen LogP contribution in [0.25, 0.3) is 5.69 Å². The number of carbonyl (C=O) groups is 2. The number of nitrogens with one attached hydrogen (secondary N) is 1. The van der Waals surface area contributed by atoms with Crippen molar-refractivity contribution in [3.63, 3.8) is 0 Å². The molecule has 154 valence electrons. The van der Waals surface area contributed by atoms with E-state index in [1.54, 1.807) is 22.9 Å². The average Bonchev–Trinajstić information content (AvgIpc) is 3.51. The van der Waals surface area contributed by atoms with E-state index in [4.69, 9.17) is 9.47 Å². The van der Waals surface area contributed by atoms with Crippen LogP contribution in [0.2, 0.25) is 0 Å². The molecule has 4 rings (SSSR count). The fourth-order valence-electron chi connectivity index (χ4n) is 3.20. The van der Waals surface area contributed by atoms with E-state index in [9.17, 15) is 9.59 Å². The summed E-state index contributed by atoms with van der Waals surface area (Å²) in [4.78, 5) is 25.1. The van der Waals surface area contributed by atoms with Crippen molar-refractivity contribution in [2.24, 2.45) is 0 Å². The Labute approximate surface area is 174 Å². The zero-order valence-electron chi connectivity index (χ0n) is 16.9. The SMILES string of the molecule is COc1ccc(C)cc1NC(=O)COC(=O)c1cc(C2CC2)nn1-c1ccccc1. The van der Waals surface area contributed by atoms with Gasteiger partial charge in [0.05, 0.1) is 24.2 Å². The van der Waals surface area contributed by atoms with Gasteiger partial charge < -0.3 is 14.8 Å². The van der Waals surface area contributed by atoms with Gasteiger partial charge >= 0.3 is 5.97 Å². The molecule has 1 amide bonds. The van der Waals surface area contributed by atoms with Crippen LogP contribution in [0.15, 0.2) is 54.6 Å². The van der Waals surface area contributed by atoms with E-state index >= 15 is 0 Å². The van der Waals surface area contributed by atoms with Crippen molar-refractivity contribution in [3.8, 4) is 11.4 Å². The van der Waals surface area contributed by atoms with Gasteiger partial charge in [-0.3, -0.25) is 4.79 Å². The molecule has 3 aromatic rings. The number of ether oxygens (including phenoxy) is 2. The molecule has 1 aromatic heterocycles. The summed E-state index contributed by atoms with van der Waals surface area (Å²) < 4.78 is 12.1. The minimum absolute atomic E-state index is 0.309. The van der Waals surface area contributed by atoms with E-state index in [1.165, 1.54) is 7.11 Å². The van der Waals surface area contributed by atoms with Crippen molar-refractivity contribution in [2.75, 3.05) is 19.0 Å². The lowest BCUT2D eigenvalue weighted by Crippen LogP contribution is -2.22. The van der Waals surface area contributed by atoms with E-state index in [2.05, 4.69) is 10.4 Å². The quantitative estimate of drug-likeness (QED) is 0.604. The standard InChI is InChI=1S/C23H23N3O4/c1-15-8-11-21(29-2)19(12-15)24-22(27)14-30-23(28)20-13-18(16-9-10-16)25-26(20)17-6-4-3-5-7-17/h3-8,11-13,16H,9-10,14H2,1-2H3,(H,24,27). The van der Waals surface area contributed by atoms with Crippen LogP contribution in [0.5, 0.6) is 5.75 Å². The van der Waals surface area contributed by atoms with Gasteiger partial charge in [0.1, 0.15) is 5.75 Å². The van der Waals surface area contributed by atoms with Crippen LogP contribution in [0, 0.1) is 6.92 Å². The molecule has 0 aliphatic heterocycles. The van der Waals surface area contributed by atoms with Crippen molar-refractivity contribution in [1.82, 2.24) is 9.78 Å². The molecule has 0 bridgehead atoms. The largest absolute Gasteiger partial charge is 0.495 e. The number of esters is 1. The average molecular weight is 405 g/mol. The number of amides is 1. The minimum Gasteiger partial charge on any atom is -0.495 e. The molecule has 1 aliphatic rings. The number of hydrogen-bond acceptors (Lipinski definition) is 5. The van der Waals surface area contributed by atoms with Gasteiger partial charge in [0.2, 0.25) is 0 Å². The summed E-state index contributed by atoms with van der Waals surface area (Å²) in [5, 5.41) is 7.31. The molecule has 30 heavy (non-hydrogen) atoms. The zero-order valence-corrected chi connectivity index (χ0v) is 16.9. The number of nitrogens with zero attached hydrogens (tertiary/aromatic N) is 2. The molecular formula is C23H23N3O4. The third kappa shape index (κ3) is 4.35. The summed E-state index contributed by atoms with van der Waals surface area (Å²) >= 11 is 0. The summed E-state index contributed by atoms with van der Waals surface area (Å²) in [7, 11) is 1.53. The summed E-state index contributed by atoms with van der Waals surface area (Å²) in [5.41, 5.74) is 3.46. The molecule has 0 atom stereocenters. The van der Waals surface area contributed by atoms with Crippen molar-refractivity contribution < 1.29 is 19.1 Å². The molecule has 0 unspecified atom stereocenters. The van der Waals surface area contributed by atoms with Gasteiger partial charge in [-0.05, 0) is 55.7 Å². The maximum Gasteiger partial charge on any atom is 0.357 e. The summed E-state index contributed by atoms with van der Waals surface area (Å²) in [6.07, 6.45) is 2.14. The number of para-hydroxylation sites is 1. The van der Waals surface area contributed by atoms with Gasteiger partial charge in [-0.15, -0.1) is 0 Å². The summed E-state index contributed by atoms with van der Waals surface area (Å²) in [5.74, 6) is -0.111. The molecule has 7 heteroatoms. The van der Waals surface area contributed by atoms with E-state index < -0.39 is 18.5 Å². The van der Waals surface area contributed by atoms with Gasteiger partial charge in [0, 0.05) is 5.92 Å². The second-order valence-corrected chi connectivity index (χ2v) is 7.30. The van der Waals surface area contributed by atoms with Gasteiger partial charge in [-0.25, -0.2) is 9.48 Å². The number of benzene rings is 2. The third-order valence-corrected chi connectivity index (χ3v) is 4.90. The van der Waals surface area contributed by atoms with Crippen LogP contribution < -0.4 is 10.1 Å². The molecule has 0 radical (unpaired) electrons. The second kappa shape index (κ2) is 8.41. The number of aryl methyl sites for hydroxylation is 1. The number of hydrogen-bond donors (Lipinski definition) is 1. The van der Waals surface area contributed by atoms with Crippen molar-refractivity contribution in [1.29, 1.82) is 0 Å². The Morgan fingerprint density at radius 1 is 1.13 bits per heavy atom. The fraction of sp³-hybridized carbons (Fsp3) is 0.261. The molecule has 1 saturated carbocycles. The number of carbonyl (C=O) groups excluding carboxylic acids is 2. The van der Waals surface area contributed by atoms with Crippen LogP contribution in [0.1, 0.15) is 40.5 Å². The minimum atomic E-state index is -0.593. The molecule has 1 N–H and O–H groups in total. The molecule has 7 nitrogen and oxygen atoms in total. The molecule has 2 aromatic carbocycles. The van der Waals surface area contributed by atoms with Gasteiger partial charge in [0.25, 0.3) is 5.91 Å².